The number of alkyl halides is 1. The first kappa shape index (κ1) is 14.8. The number of rotatable bonds is 3. The van der Waals surface area contributed by atoms with E-state index in [0.29, 0.717) is 5.56 Å². The van der Waals surface area contributed by atoms with E-state index in [9.17, 15) is 8.78 Å². The van der Waals surface area contributed by atoms with Crippen molar-refractivity contribution >= 4 is 23.0 Å². The van der Waals surface area contributed by atoms with Crippen molar-refractivity contribution in [3.63, 3.8) is 0 Å². The van der Waals surface area contributed by atoms with E-state index in [1.54, 1.807) is 7.05 Å². The second kappa shape index (κ2) is 5.80. The van der Waals surface area contributed by atoms with Gasteiger partial charge in [-0.05, 0) is 43.2 Å². The maximum absolute atomic E-state index is 14.1. The fraction of sp³-hybridized carbons (Fsp3) is 0.250. The van der Waals surface area contributed by atoms with Crippen LogP contribution in [0.5, 0.6) is 0 Å². The molecule has 0 spiro atoms. The summed E-state index contributed by atoms with van der Waals surface area (Å²) in [5.41, 5.74) is 3.21. The molecule has 106 valence electrons. The third kappa shape index (κ3) is 2.78. The number of hydrogen-bond acceptors (Lipinski definition) is 1. The molecule has 0 saturated heterocycles. The molecule has 0 saturated carbocycles. The lowest BCUT2D eigenvalue weighted by Crippen LogP contribution is -2.15. The fourth-order valence-electron chi connectivity index (χ4n) is 2.32. The van der Waals surface area contributed by atoms with E-state index in [1.165, 1.54) is 17.0 Å². The van der Waals surface area contributed by atoms with Gasteiger partial charge in [-0.15, -0.1) is 11.6 Å². The molecular weight excluding hydrogens is 280 g/mol. The Kier molecular flexibility index (Phi) is 4.29. The van der Waals surface area contributed by atoms with E-state index in [4.69, 9.17) is 11.6 Å². The van der Waals surface area contributed by atoms with Gasteiger partial charge in [0, 0.05) is 18.6 Å². The van der Waals surface area contributed by atoms with Crippen LogP contribution in [0, 0.1) is 25.5 Å². The van der Waals surface area contributed by atoms with Crippen molar-refractivity contribution in [2.45, 2.75) is 19.7 Å². The Morgan fingerprint density at radius 1 is 1.05 bits per heavy atom. The summed E-state index contributed by atoms with van der Waals surface area (Å²) >= 11 is 5.62. The topological polar surface area (TPSA) is 3.24 Å². The van der Waals surface area contributed by atoms with E-state index < -0.39 is 11.6 Å². The lowest BCUT2D eigenvalue weighted by atomic mass is 10.1. The van der Waals surface area contributed by atoms with Crippen molar-refractivity contribution < 1.29 is 8.78 Å². The van der Waals surface area contributed by atoms with Crippen LogP contribution in [-0.4, -0.2) is 7.05 Å². The number of nitrogens with zero attached hydrogens (tertiary/aromatic N) is 1. The van der Waals surface area contributed by atoms with E-state index in [-0.39, 0.29) is 11.6 Å². The molecule has 1 nitrogen and oxygen atoms in total. The van der Waals surface area contributed by atoms with Gasteiger partial charge in [-0.2, -0.15) is 0 Å². The molecule has 0 aliphatic rings. The molecule has 0 aliphatic heterocycles. The fourth-order valence-corrected chi connectivity index (χ4v) is 2.47. The number of benzene rings is 2. The normalized spacial score (nSPS) is 10.7. The first-order chi connectivity index (χ1) is 9.43. The number of hydrogen-bond donors (Lipinski definition) is 0. The Labute approximate surface area is 122 Å². The van der Waals surface area contributed by atoms with E-state index in [0.717, 1.165) is 16.8 Å². The smallest absolute Gasteiger partial charge is 0.150 e. The van der Waals surface area contributed by atoms with Crippen molar-refractivity contribution in [1.29, 1.82) is 0 Å². The highest BCUT2D eigenvalue weighted by atomic mass is 35.5. The van der Waals surface area contributed by atoms with Crippen LogP contribution in [0.2, 0.25) is 0 Å². The molecule has 0 amide bonds. The van der Waals surface area contributed by atoms with Gasteiger partial charge in [-0.3, -0.25) is 0 Å². The second-order valence-electron chi connectivity index (χ2n) is 4.89. The maximum Gasteiger partial charge on any atom is 0.150 e. The minimum absolute atomic E-state index is 0.0641. The van der Waals surface area contributed by atoms with Crippen molar-refractivity contribution in [2.75, 3.05) is 11.9 Å². The summed E-state index contributed by atoms with van der Waals surface area (Å²) in [7, 11) is 1.65. The molecule has 0 fully saturated rings. The zero-order valence-corrected chi connectivity index (χ0v) is 12.4. The molecule has 0 unspecified atom stereocenters. The molecule has 0 bridgehead atoms. The van der Waals surface area contributed by atoms with Crippen LogP contribution < -0.4 is 4.90 Å². The van der Waals surface area contributed by atoms with Crippen LogP contribution in [0.1, 0.15) is 16.7 Å². The summed E-state index contributed by atoms with van der Waals surface area (Å²) in [5, 5.41) is 0. The molecule has 2 rings (SSSR count). The average Bonchev–Trinajstić information content (AvgIpc) is 2.37. The maximum atomic E-state index is 14.1. The monoisotopic (exact) mass is 295 g/mol. The Bertz CT molecular complexity index is 617. The first-order valence-electron chi connectivity index (χ1n) is 6.29. The summed E-state index contributed by atoms with van der Waals surface area (Å²) in [6.45, 7) is 3.90. The van der Waals surface area contributed by atoms with Crippen LogP contribution in [-0.2, 0) is 5.88 Å². The minimum Gasteiger partial charge on any atom is -0.340 e. The van der Waals surface area contributed by atoms with Gasteiger partial charge in [0.2, 0.25) is 0 Å². The number of halogens is 3. The summed E-state index contributed by atoms with van der Waals surface area (Å²) in [6.07, 6.45) is 0. The largest absolute Gasteiger partial charge is 0.340 e. The zero-order valence-electron chi connectivity index (χ0n) is 11.7. The van der Waals surface area contributed by atoms with Gasteiger partial charge in [0.1, 0.15) is 17.3 Å². The van der Waals surface area contributed by atoms with Gasteiger partial charge >= 0.3 is 0 Å². The van der Waals surface area contributed by atoms with Crippen molar-refractivity contribution in [1.82, 2.24) is 0 Å². The molecule has 0 aromatic heterocycles. The Balaban J connectivity index is 2.50. The third-order valence-electron chi connectivity index (χ3n) is 3.28. The zero-order chi connectivity index (χ0) is 14.9. The summed E-state index contributed by atoms with van der Waals surface area (Å²) in [6, 6.07) is 8.30. The Morgan fingerprint density at radius 3 is 2.15 bits per heavy atom. The van der Waals surface area contributed by atoms with Crippen LogP contribution in [0.15, 0.2) is 30.3 Å². The van der Waals surface area contributed by atoms with Crippen LogP contribution in [0.25, 0.3) is 0 Å². The molecule has 2 aromatic carbocycles. The highest BCUT2D eigenvalue weighted by Gasteiger charge is 2.17. The van der Waals surface area contributed by atoms with Crippen molar-refractivity contribution in [3.8, 4) is 0 Å². The predicted octanol–water partition coefficient (Wildman–Crippen LogP) is 5.09. The highest BCUT2D eigenvalue weighted by Crippen LogP contribution is 2.32. The van der Waals surface area contributed by atoms with Gasteiger partial charge < -0.3 is 4.90 Å². The lowest BCUT2D eigenvalue weighted by Gasteiger charge is -2.23. The second-order valence-corrected chi connectivity index (χ2v) is 5.16. The van der Waals surface area contributed by atoms with Crippen LogP contribution >= 0.6 is 11.6 Å². The molecule has 2 aromatic rings. The number of anilines is 2. The van der Waals surface area contributed by atoms with Gasteiger partial charge in [0.05, 0.1) is 0 Å². The molecule has 0 heterocycles. The lowest BCUT2D eigenvalue weighted by molar-refractivity contribution is 0.582. The predicted molar refractivity (Wildman–Crippen MR) is 79.9 cm³/mol. The van der Waals surface area contributed by atoms with Crippen LogP contribution in [0.3, 0.4) is 0 Å². The van der Waals surface area contributed by atoms with Crippen molar-refractivity contribution in [2.24, 2.45) is 0 Å². The van der Waals surface area contributed by atoms with Gasteiger partial charge in [-0.1, -0.05) is 17.7 Å². The average molecular weight is 296 g/mol. The molecule has 0 atom stereocenters. The minimum atomic E-state index is -0.608. The quantitative estimate of drug-likeness (QED) is 0.713. The van der Waals surface area contributed by atoms with Gasteiger partial charge in [-0.25, -0.2) is 8.78 Å². The first-order valence-corrected chi connectivity index (χ1v) is 6.82. The molecule has 0 aliphatic carbocycles. The molecule has 0 radical (unpaired) electrons. The van der Waals surface area contributed by atoms with Crippen LogP contribution in [0.4, 0.5) is 20.2 Å². The summed E-state index contributed by atoms with van der Waals surface area (Å²) < 4.78 is 28.2. The van der Waals surface area contributed by atoms with Gasteiger partial charge in [0.15, 0.2) is 0 Å². The third-order valence-corrected chi connectivity index (χ3v) is 3.59. The SMILES string of the molecule is Cc1ccc(N(C)c2c(F)cc(CCl)cc2F)c(C)c1. The highest BCUT2D eigenvalue weighted by molar-refractivity contribution is 6.17. The Morgan fingerprint density at radius 2 is 1.65 bits per heavy atom. The van der Waals surface area contributed by atoms with E-state index in [2.05, 4.69) is 0 Å². The summed E-state index contributed by atoms with van der Waals surface area (Å²) in [5.74, 6) is -1.13. The standard InChI is InChI=1S/C16H16ClF2N/c1-10-4-5-15(11(2)6-10)20(3)16-13(18)7-12(9-17)8-14(16)19/h4-8H,9H2,1-3H3. The Hall–Kier alpha value is -1.61. The van der Waals surface area contributed by atoms with E-state index in [1.807, 2.05) is 32.0 Å². The van der Waals surface area contributed by atoms with E-state index >= 15 is 0 Å². The molecular formula is C16H16ClF2N. The molecule has 0 N–H and O–H groups in total. The molecule has 4 heteroatoms. The van der Waals surface area contributed by atoms with Crippen molar-refractivity contribution in [3.05, 3.63) is 58.7 Å². The van der Waals surface area contributed by atoms with Gasteiger partial charge in [0.25, 0.3) is 0 Å². The summed E-state index contributed by atoms with van der Waals surface area (Å²) in [4.78, 5) is 1.53. The molecule has 20 heavy (non-hydrogen) atoms. The number of aryl methyl sites for hydroxylation is 2.